The minimum Gasteiger partial charge on any atom is -0.493 e. The van der Waals surface area contributed by atoms with Crippen molar-refractivity contribution in [1.82, 2.24) is 9.97 Å². The number of nitrogens with one attached hydrogen (secondary N) is 1. The topological polar surface area (TPSA) is 70.9 Å². The average Bonchev–Trinajstić information content (AvgIpc) is 3.04. The van der Waals surface area contributed by atoms with Crippen molar-refractivity contribution in [2.45, 2.75) is 6.61 Å². The number of rotatable bonds is 5. The van der Waals surface area contributed by atoms with Crippen molar-refractivity contribution in [2.75, 3.05) is 7.11 Å². The van der Waals surface area contributed by atoms with Gasteiger partial charge in [-0.3, -0.25) is 0 Å². The number of para-hydroxylation sites is 2. The van der Waals surface area contributed by atoms with Crippen molar-refractivity contribution >= 4 is 22.7 Å². The van der Waals surface area contributed by atoms with Crippen LogP contribution in [0.1, 0.15) is 11.4 Å². The quantitative estimate of drug-likeness (QED) is 0.705. The molecule has 1 heterocycles. The van der Waals surface area contributed by atoms with Crippen LogP contribution in [0.15, 0.2) is 42.5 Å². The summed E-state index contributed by atoms with van der Waals surface area (Å²) in [6, 6.07) is 13.9. The second kappa shape index (κ2) is 7.01. The molecule has 0 saturated heterocycles. The molecule has 0 aliphatic rings. The van der Waals surface area contributed by atoms with E-state index in [1.165, 1.54) is 19.2 Å². The number of alkyl halides is 2. The molecule has 2 aromatic carbocycles. The Morgan fingerprint density at radius 2 is 2.04 bits per heavy atom. The molecule has 126 valence electrons. The molecule has 5 nitrogen and oxygen atoms in total. The van der Waals surface area contributed by atoms with Gasteiger partial charge in [-0.1, -0.05) is 18.2 Å². The maximum atomic E-state index is 12.4. The summed E-state index contributed by atoms with van der Waals surface area (Å²) in [5.74, 6) is 0.503. The Bertz CT molecular complexity index is 941. The number of aromatic nitrogens is 2. The van der Waals surface area contributed by atoms with Crippen LogP contribution < -0.4 is 9.47 Å². The first kappa shape index (κ1) is 16.5. The van der Waals surface area contributed by atoms with E-state index < -0.39 is 6.61 Å². The Kier molecular flexibility index (Phi) is 4.61. The predicted molar refractivity (Wildman–Crippen MR) is 89.2 cm³/mol. The van der Waals surface area contributed by atoms with E-state index >= 15 is 0 Å². The molecule has 25 heavy (non-hydrogen) atoms. The molecule has 3 aromatic rings. The standard InChI is InChI=1S/C18H13F2N3O2/c1-24-16-9-11(6-7-15(16)25-18(19)20)8-12(10-21)17-22-13-4-2-3-5-14(13)23-17/h2-9,18H,1H3,(H,22,23). The average molecular weight is 341 g/mol. The third-order valence-corrected chi connectivity index (χ3v) is 3.48. The van der Waals surface area contributed by atoms with Gasteiger partial charge in [0.1, 0.15) is 11.9 Å². The van der Waals surface area contributed by atoms with Crippen molar-refractivity contribution in [1.29, 1.82) is 5.26 Å². The normalized spacial score (nSPS) is 11.6. The van der Waals surface area contributed by atoms with E-state index in [1.807, 2.05) is 24.3 Å². The number of ether oxygens (including phenoxy) is 2. The molecule has 0 fully saturated rings. The summed E-state index contributed by atoms with van der Waals surface area (Å²) in [6.07, 6.45) is 1.59. The van der Waals surface area contributed by atoms with Crippen LogP contribution in [-0.2, 0) is 0 Å². The maximum Gasteiger partial charge on any atom is 0.387 e. The van der Waals surface area contributed by atoms with Gasteiger partial charge in [0.15, 0.2) is 11.5 Å². The molecule has 0 saturated carbocycles. The first-order valence-electron chi connectivity index (χ1n) is 7.30. The lowest BCUT2D eigenvalue weighted by atomic mass is 10.1. The zero-order chi connectivity index (χ0) is 17.8. The Balaban J connectivity index is 1.98. The maximum absolute atomic E-state index is 12.4. The second-order valence-corrected chi connectivity index (χ2v) is 5.06. The molecule has 0 bridgehead atoms. The molecule has 0 amide bonds. The second-order valence-electron chi connectivity index (χ2n) is 5.06. The van der Waals surface area contributed by atoms with Gasteiger partial charge in [-0.05, 0) is 35.9 Å². The van der Waals surface area contributed by atoms with Crippen LogP contribution in [0.3, 0.4) is 0 Å². The Morgan fingerprint density at radius 1 is 1.24 bits per heavy atom. The molecule has 0 unspecified atom stereocenters. The molecule has 0 spiro atoms. The van der Waals surface area contributed by atoms with Gasteiger partial charge in [-0.25, -0.2) is 4.98 Å². The van der Waals surface area contributed by atoms with E-state index in [9.17, 15) is 14.0 Å². The van der Waals surface area contributed by atoms with Gasteiger partial charge in [0.25, 0.3) is 0 Å². The number of nitriles is 1. The van der Waals surface area contributed by atoms with Gasteiger partial charge in [0.05, 0.1) is 23.7 Å². The van der Waals surface area contributed by atoms with Gasteiger partial charge < -0.3 is 14.5 Å². The SMILES string of the molecule is COc1cc(C=C(C#N)c2nc3ccccc3[nH]2)ccc1OC(F)F. The highest BCUT2D eigenvalue weighted by molar-refractivity contribution is 5.90. The van der Waals surface area contributed by atoms with Crippen LogP contribution in [0, 0.1) is 11.3 Å². The van der Waals surface area contributed by atoms with E-state index in [0.717, 1.165) is 11.0 Å². The number of nitrogens with zero attached hydrogens (tertiary/aromatic N) is 2. The summed E-state index contributed by atoms with van der Waals surface area (Å²) in [5, 5.41) is 9.43. The van der Waals surface area contributed by atoms with Crippen LogP contribution in [0.4, 0.5) is 8.78 Å². The first-order chi connectivity index (χ1) is 12.1. The lowest BCUT2D eigenvalue weighted by Gasteiger charge is -2.10. The Labute approximate surface area is 142 Å². The molecule has 3 rings (SSSR count). The lowest BCUT2D eigenvalue weighted by molar-refractivity contribution is -0.0512. The number of H-pyrrole nitrogens is 1. The van der Waals surface area contributed by atoms with Crippen molar-refractivity contribution in [3.8, 4) is 17.6 Å². The summed E-state index contributed by atoms with van der Waals surface area (Å²) in [4.78, 5) is 7.45. The van der Waals surface area contributed by atoms with Gasteiger partial charge in [-0.2, -0.15) is 14.0 Å². The minimum absolute atomic E-state index is 0.0723. The van der Waals surface area contributed by atoms with Crippen molar-refractivity contribution in [2.24, 2.45) is 0 Å². The molecule has 0 radical (unpaired) electrons. The third-order valence-electron chi connectivity index (χ3n) is 3.48. The molecule has 7 heteroatoms. The van der Waals surface area contributed by atoms with Crippen LogP contribution >= 0.6 is 0 Å². The molecular weight excluding hydrogens is 328 g/mol. The summed E-state index contributed by atoms with van der Waals surface area (Å²) in [6.45, 7) is -2.94. The predicted octanol–water partition coefficient (Wildman–Crippen LogP) is 4.24. The van der Waals surface area contributed by atoms with Crippen molar-refractivity contribution in [3.63, 3.8) is 0 Å². The number of aromatic amines is 1. The van der Waals surface area contributed by atoms with Gasteiger partial charge >= 0.3 is 6.61 Å². The molecule has 0 aliphatic carbocycles. The highest BCUT2D eigenvalue weighted by Crippen LogP contribution is 2.31. The summed E-state index contributed by atoms with van der Waals surface area (Å²) in [5.41, 5.74) is 2.46. The molecule has 1 aromatic heterocycles. The summed E-state index contributed by atoms with van der Waals surface area (Å²) >= 11 is 0. The Hall–Kier alpha value is -3.40. The summed E-state index contributed by atoms with van der Waals surface area (Å²) in [7, 11) is 1.35. The molecule has 0 atom stereocenters. The fourth-order valence-electron chi connectivity index (χ4n) is 2.37. The van der Waals surface area contributed by atoms with Crippen molar-refractivity contribution in [3.05, 3.63) is 53.9 Å². The van der Waals surface area contributed by atoms with E-state index in [0.29, 0.717) is 17.0 Å². The van der Waals surface area contributed by atoms with E-state index in [1.54, 1.807) is 12.1 Å². The number of allylic oxidation sites excluding steroid dienone is 1. The fourth-order valence-corrected chi connectivity index (χ4v) is 2.37. The smallest absolute Gasteiger partial charge is 0.387 e. The Morgan fingerprint density at radius 3 is 2.72 bits per heavy atom. The lowest BCUT2D eigenvalue weighted by Crippen LogP contribution is -2.03. The highest BCUT2D eigenvalue weighted by atomic mass is 19.3. The van der Waals surface area contributed by atoms with Crippen LogP contribution in [0.25, 0.3) is 22.7 Å². The molecule has 1 N–H and O–H groups in total. The first-order valence-corrected chi connectivity index (χ1v) is 7.30. The summed E-state index contributed by atoms with van der Waals surface area (Å²) < 4.78 is 34.2. The molecular formula is C18H13F2N3O2. The van der Waals surface area contributed by atoms with Crippen LogP contribution in [-0.4, -0.2) is 23.7 Å². The molecule has 0 aliphatic heterocycles. The number of benzene rings is 2. The zero-order valence-corrected chi connectivity index (χ0v) is 13.2. The minimum atomic E-state index is -2.94. The fraction of sp³-hybridized carbons (Fsp3) is 0.111. The monoisotopic (exact) mass is 341 g/mol. The van der Waals surface area contributed by atoms with Gasteiger partial charge in [-0.15, -0.1) is 0 Å². The number of imidazole rings is 1. The zero-order valence-electron chi connectivity index (χ0n) is 13.2. The van der Waals surface area contributed by atoms with Crippen LogP contribution in [0.2, 0.25) is 0 Å². The third kappa shape index (κ3) is 3.58. The highest BCUT2D eigenvalue weighted by Gasteiger charge is 2.12. The van der Waals surface area contributed by atoms with Crippen molar-refractivity contribution < 1.29 is 18.3 Å². The van der Waals surface area contributed by atoms with E-state index in [4.69, 9.17) is 4.74 Å². The number of hydrogen-bond acceptors (Lipinski definition) is 4. The van der Waals surface area contributed by atoms with Gasteiger partial charge in [0.2, 0.25) is 0 Å². The van der Waals surface area contributed by atoms with E-state index in [2.05, 4.69) is 20.8 Å². The number of hydrogen-bond donors (Lipinski definition) is 1. The number of methoxy groups -OCH3 is 1. The largest absolute Gasteiger partial charge is 0.493 e. The van der Waals surface area contributed by atoms with E-state index in [-0.39, 0.29) is 11.5 Å². The number of fused-ring (bicyclic) bond motifs is 1. The van der Waals surface area contributed by atoms with Gasteiger partial charge in [0, 0.05) is 0 Å². The number of halogens is 2. The van der Waals surface area contributed by atoms with Crippen LogP contribution in [0.5, 0.6) is 11.5 Å².